The maximum Gasteiger partial charge on any atom is 0.345 e. The number of aliphatic hydroxyl groups is 1. The molecule has 0 fully saturated rings. The molecule has 80 valence electrons. The molecular weight excluding hydrogens is 200 g/mol. The zero-order valence-corrected chi connectivity index (χ0v) is 8.31. The first-order valence-corrected chi connectivity index (χ1v) is 4.32. The molecule has 0 bridgehead atoms. The molecule has 0 radical (unpaired) electrons. The van der Waals surface area contributed by atoms with Gasteiger partial charge in [-0.25, -0.2) is 4.79 Å². The Morgan fingerprint density at radius 3 is 2.67 bits per heavy atom. The van der Waals surface area contributed by atoms with Gasteiger partial charge >= 0.3 is 5.97 Å². The molecule has 1 aliphatic heterocycles. The molecule has 5 nitrogen and oxygen atoms in total. The van der Waals surface area contributed by atoms with E-state index in [4.69, 9.17) is 9.47 Å². The fourth-order valence-corrected chi connectivity index (χ4v) is 1.53. The number of rotatable bonds is 2. The summed E-state index contributed by atoms with van der Waals surface area (Å²) in [5, 5.41) is 9.44. The van der Waals surface area contributed by atoms with Gasteiger partial charge in [-0.15, -0.1) is 0 Å². The Balaban J connectivity index is 2.62. The van der Waals surface area contributed by atoms with Crippen LogP contribution in [0.3, 0.4) is 0 Å². The first kappa shape index (κ1) is 9.79. The number of benzene rings is 1. The van der Waals surface area contributed by atoms with Gasteiger partial charge in [-0.05, 0) is 6.07 Å². The van der Waals surface area contributed by atoms with Crippen LogP contribution >= 0.6 is 0 Å². The summed E-state index contributed by atoms with van der Waals surface area (Å²) in [6.07, 6.45) is -1.24. The van der Waals surface area contributed by atoms with Crippen molar-refractivity contribution >= 4 is 5.97 Å². The van der Waals surface area contributed by atoms with E-state index >= 15 is 0 Å². The third kappa shape index (κ3) is 1.41. The summed E-state index contributed by atoms with van der Waals surface area (Å²) >= 11 is 0. The van der Waals surface area contributed by atoms with Gasteiger partial charge in [-0.3, -0.25) is 0 Å². The highest BCUT2D eigenvalue weighted by atomic mass is 16.6. The number of hydrogen-bond donors (Lipinski definition) is 1. The fraction of sp³-hybridized carbons (Fsp3) is 0.300. The van der Waals surface area contributed by atoms with E-state index in [0.29, 0.717) is 17.1 Å². The normalized spacial score (nSPS) is 18.3. The van der Waals surface area contributed by atoms with Crippen LogP contribution in [0.25, 0.3) is 0 Å². The van der Waals surface area contributed by atoms with Gasteiger partial charge in [-0.2, -0.15) is 0 Å². The monoisotopic (exact) mass is 210 g/mol. The highest BCUT2D eigenvalue weighted by Gasteiger charge is 2.33. The van der Waals surface area contributed by atoms with Crippen molar-refractivity contribution in [2.45, 2.75) is 6.29 Å². The lowest BCUT2D eigenvalue weighted by molar-refractivity contribution is -0.0548. The summed E-state index contributed by atoms with van der Waals surface area (Å²) in [6.45, 7) is 0. The Labute approximate surface area is 86.2 Å². The molecule has 5 heteroatoms. The van der Waals surface area contributed by atoms with Crippen LogP contribution < -0.4 is 9.47 Å². The Bertz CT molecular complexity index is 413. The van der Waals surface area contributed by atoms with Crippen molar-refractivity contribution < 1.29 is 24.1 Å². The van der Waals surface area contributed by atoms with Gasteiger partial charge in [-0.1, -0.05) is 0 Å². The van der Waals surface area contributed by atoms with E-state index in [1.807, 2.05) is 0 Å². The van der Waals surface area contributed by atoms with Crippen molar-refractivity contribution in [3.05, 3.63) is 23.3 Å². The minimum atomic E-state index is -1.24. The molecule has 1 aromatic rings. The van der Waals surface area contributed by atoms with Crippen LogP contribution in [0.1, 0.15) is 22.2 Å². The molecule has 0 amide bonds. The lowest BCUT2D eigenvalue weighted by Crippen LogP contribution is -1.99. The van der Waals surface area contributed by atoms with Crippen molar-refractivity contribution in [2.75, 3.05) is 14.2 Å². The Hall–Kier alpha value is -1.75. The van der Waals surface area contributed by atoms with Crippen molar-refractivity contribution in [3.8, 4) is 11.5 Å². The number of esters is 1. The minimum Gasteiger partial charge on any atom is -0.497 e. The molecule has 1 atom stereocenters. The van der Waals surface area contributed by atoms with Gasteiger partial charge < -0.3 is 19.3 Å². The van der Waals surface area contributed by atoms with Crippen LogP contribution in [-0.2, 0) is 4.74 Å². The van der Waals surface area contributed by atoms with Gasteiger partial charge in [0.15, 0.2) is 0 Å². The number of carbonyl (C=O) groups excluding carboxylic acids is 1. The van der Waals surface area contributed by atoms with E-state index < -0.39 is 12.3 Å². The lowest BCUT2D eigenvalue weighted by Gasteiger charge is -2.07. The first-order chi connectivity index (χ1) is 7.17. The molecule has 0 aliphatic carbocycles. The number of hydrogen-bond acceptors (Lipinski definition) is 5. The number of fused-ring (bicyclic) bond motifs is 1. The molecule has 1 heterocycles. The zero-order chi connectivity index (χ0) is 11.0. The quantitative estimate of drug-likeness (QED) is 0.733. The predicted octanol–water partition coefficient (Wildman–Crippen LogP) is 0.865. The fourth-order valence-electron chi connectivity index (χ4n) is 1.53. The van der Waals surface area contributed by atoms with Gasteiger partial charge in [0.05, 0.1) is 14.2 Å². The zero-order valence-electron chi connectivity index (χ0n) is 8.31. The van der Waals surface area contributed by atoms with Crippen LogP contribution in [0.4, 0.5) is 0 Å². The maximum atomic E-state index is 11.4. The van der Waals surface area contributed by atoms with Crippen LogP contribution in [0.5, 0.6) is 11.5 Å². The average Bonchev–Trinajstić information content (AvgIpc) is 2.53. The van der Waals surface area contributed by atoms with Crippen LogP contribution in [-0.4, -0.2) is 25.3 Å². The van der Waals surface area contributed by atoms with Gasteiger partial charge in [0, 0.05) is 11.6 Å². The van der Waals surface area contributed by atoms with Crippen molar-refractivity contribution in [3.63, 3.8) is 0 Å². The molecule has 2 rings (SSSR count). The molecule has 1 aromatic carbocycles. The Morgan fingerprint density at radius 2 is 2.07 bits per heavy atom. The molecule has 1 N–H and O–H groups in total. The standard InChI is InChI=1S/C10H10O5/c1-13-5-3-6-8(7(4-5)14-2)10(12)15-9(6)11/h3-4,9,11H,1-2H3/t9-/m0/s1. The third-order valence-corrected chi connectivity index (χ3v) is 2.25. The van der Waals surface area contributed by atoms with Crippen LogP contribution in [0, 0.1) is 0 Å². The first-order valence-electron chi connectivity index (χ1n) is 4.32. The number of ether oxygens (including phenoxy) is 3. The van der Waals surface area contributed by atoms with E-state index in [1.165, 1.54) is 14.2 Å². The number of cyclic esters (lactones) is 1. The van der Waals surface area contributed by atoms with E-state index in [1.54, 1.807) is 12.1 Å². The minimum absolute atomic E-state index is 0.255. The molecule has 15 heavy (non-hydrogen) atoms. The summed E-state index contributed by atoms with van der Waals surface area (Å²) in [4.78, 5) is 11.4. The smallest absolute Gasteiger partial charge is 0.345 e. The van der Waals surface area contributed by atoms with E-state index in [2.05, 4.69) is 4.74 Å². The molecule has 0 spiro atoms. The predicted molar refractivity (Wildman–Crippen MR) is 49.9 cm³/mol. The molecule has 0 saturated heterocycles. The molecule has 1 aliphatic rings. The highest BCUT2D eigenvalue weighted by Crippen LogP contribution is 2.38. The second-order valence-electron chi connectivity index (χ2n) is 3.05. The van der Waals surface area contributed by atoms with Crippen LogP contribution in [0.2, 0.25) is 0 Å². The molecular formula is C10H10O5. The van der Waals surface area contributed by atoms with Gasteiger partial charge in [0.2, 0.25) is 6.29 Å². The second-order valence-corrected chi connectivity index (χ2v) is 3.05. The molecule has 0 aromatic heterocycles. The van der Waals surface area contributed by atoms with Crippen molar-refractivity contribution in [2.24, 2.45) is 0 Å². The summed E-state index contributed by atoms with van der Waals surface area (Å²) in [5.41, 5.74) is 0.627. The Kier molecular flexibility index (Phi) is 2.24. The Morgan fingerprint density at radius 1 is 1.33 bits per heavy atom. The molecule has 0 saturated carbocycles. The highest BCUT2D eigenvalue weighted by molar-refractivity contribution is 5.97. The number of methoxy groups -OCH3 is 2. The summed E-state index contributed by atoms with van der Waals surface area (Å²) in [5.74, 6) is 0.255. The SMILES string of the molecule is COc1cc(OC)c2c(c1)[C@@H](O)OC2=O. The van der Waals surface area contributed by atoms with Gasteiger partial charge in [0.1, 0.15) is 17.1 Å². The van der Waals surface area contributed by atoms with Crippen molar-refractivity contribution in [1.29, 1.82) is 0 Å². The largest absolute Gasteiger partial charge is 0.497 e. The van der Waals surface area contributed by atoms with E-state index in [9.17, 15) is 9.90 Å². The van der Waals surface area contributed by atoms with E-state index in [0.717, 1.165) is 0 Å². The van der Waals surface area contributed by atoms with E-state index in [-0.39, 0.29) is 5.56 Å². The average molecular weight is 210 g/mol. The topological polar surface area (TPSA) is 65.0 Å². The van der Waals surface area contributed by atoms with Crippen molar-refractivity contribution in [1.82, 2.24) is 0 Å². The molecule has 0 unspecified atom stereocenters. The number of carbonyl (C=O) groups is 1. The number of aliphatic hydroxyl groups excluding tert-OH is 1. The summed E-state index contributed by atoms with van der Waals surface area (Å²) in [6, 6.07) is 3.12. The summed E-state index contributed by atoms with van der Waals surface area (Å²) < 4.78 is 14.7. The lowest BCUT2D eigenvalue weighted by atomic mass is 10.1. The third-order valence-electron chi connectivity index (χ3n) is 2.25. The van der Waals surface area contributed by atoms with Gasteiger partial charge in [0.25, 0.3) is 0 Å². The second kappa shape index (κ2) is 3.43. The van der Waals surface area contributed by atoms with Crippen LogP contribution in [0.15, 0.2) is 12.1 Å². The maximum absolute atomic E-state index is 11.4. The summed E-state index contributed by atoms with van der Waals surface area (Å²) in [7, 11) is 2.93.